The Morgan fingerprint density at radius 3 is 2.57 bits per heavy atom. The minimum absolute atomic E-state index is 0.171. The molecule has 3 aliphatic rings. The number of carbonyl (C=O) groups is 4. The van der Waals surface area contributed by atoms with Gasteiger partial charge < -0.3 is 21.7 Å². The summed E-state index contributed by atoms with van der Waals surface area (Å²) < 4.78 is 39.6. The molecule has 0 radical (unpaired) electrons. The zero-order chi connectivity index (χ0) is 25.8. The Morgan fingerprint density at radius 2 is 1.94 bits per heavy atom. The molecule has 3 aliphatic heterocycles. The molecule has 4 atom stereocenters. The molecule has 4 unspecified atom stereocenters. The van der Waals surface area contributed by atoms with Crippen molar-refractivity contribution in [3.05, 3.63) is 34.8 Å². The first kappa shape index (κ1) is 26.2. The number of hydrogen-bond acceptors (Lipinski definition) is 8. The predicted molar refractivity (Wildman–Crippen MR) is 120 cm³/mol. The zero-order valence-corrected chi connectivity index (χ0v) is 19.4. The Bertz CT molecular complexity index is 982. The summed E-state index contributed by atoms with van der Waals surface area (Å²) in [5.74, 6) is -2.13. The highest BCUT2D eigenvalue weighted by Gasteiger charge is 2.44. The van der Waals surface area contributed by atoms with Crippen LogP contribution in [0.2, 0.25) is 0 Å². The van der Waals surface area contributed by atoms with Gasteiger partial charge in [0.25, 0.3) is 5.91 Å². The number of carbonyl (C=O) groups excluding carboxylic acids is 4. The van der Waals surface area contributed by atoms with Crippen LogP contribution >= 0.6 is 11.8 Å². The molecule has 15 heteroatoms. The molecule has 0 aliphatic carbocycles. The molecular weight excluding hydrogens is 491 g/mol. The number of nitrogens with one attached hydrogen (secondary N) is 6. The van der Waals surface area contributed by atoms with Gasteiger partial charge in [-0.25, -0.2) is 4.79 Å². The molecule has 0 aromatic rings. The number of hydrogen-bond donors (Lipinski definition) is 7. The summed E-state index contributed by atoms with van der Waals surface area (Å²) in [6.45, 7) is 2.02. The van der Waals surface area contributed by atoms with Crippen LogP contribution in [0, 0.1) is 17.8 Å². The van der Waals surface area contributed by atoms with Gasteiger partial charge in [0.1, 0.15) is 17.3 Å². The van der Waals surface area contributed by atoms with Gasteiger partial charge in [-0.1, -0.05) is 0 Å². The van der Waals surface area contributed by atoms with Gasteiger partial charge in [0.15, 0.2) is 0 Å². The van der Waals surface area contributed by atoms with Gasteiger partial charge in [0.05, 0.1) is 11.8 Å². The maximum atomic E-state index is 13.2. The van der Waals surface area contributed by atoms with E-state index in [1.54, 1.807) is 6.08 Å². The number of urea groups is 1. The number of rotatable bonds is 6. The van der Waals surface area contributed by atoms with E-state index >= 15 is 0 Å². The molecule has 0 bridgehead atoms. The van der Waals surface area contributed by atoms with E-state index in [1.807, 2.05) is 0 Å². The molecule has 0 spiro atoms. The highest BCUT2D eigenvalue weighted by atomic mass is 32.2. The fourth-order valence-electron chi connectivity index (χ4n) is 4.13. The summed E-state index contributed by atoms with van der Waals surface area (Å²) in [5, 5.41) is 11.4. The third-order valence-corrected chi connectivity index (χ3v) is 6.78. The van der Waals surface area contributed by atoms with E-state index in [0.29, 0.717) is 24.5 Å². The van der Waals surface area contributed by atoms with Gasteiger partial charge in [0, 0.05) is 36.2 Å². The molecule has 35 heavy (non-hydrogen) atoms. The Morgan fingerprint density at radius 1 is 1.20 bits per heavy atom. The van der Waals surface area contributed by atoms with Crippen molar-refractivity contribution in [1.82, 2.24) is 32.1 Å². The highest BCUT2D eigenvalue weighted by molar-refractivity contribution is 8.03. The predicted octanol–water partition coefficient (Wildman–Crippen LogP) is 0.0178. The van der Waals surface area contributed by atoms with Crippen LogP contribution in [0.3, 0.4) is 0 Å². The Balaban J connectivity index is 1.70. The second kappa shape index (κ2) is 10.9. The van der Waals surface area contributed by atoms with Crippen molar-refractivity contribution in [3.8, 4) is 0 Å². The van der Waals surface area contributed by atoms with E-state index in [2.05, 4.69) is 32.1 Å². The summed E-state index contributed by atoms with van der Waals surface area (Å²) in [6, 6.07) is -0.810. The normalized spacial score (nSPS) is 26.0. The first-order valence-electron chi connectivity index (χ1n) is 10.7. The third-order valence-electron chi connectivity index (χ3n) is 5.69. The van der Waals surface area contributed by atoms with E-state index in [9.17, 15) is 32.3 Å². The summed E-state index contributed by atoms with van der Waals surface area (Å²) in [4.78, 5) is 46.4. The van der Waals surface area contributed by atoms with Crippen molar-refractivity contribution in [2.75, 3.05) is 13.1 Å². The fourth-order valence-corrected chi connectivity index (χ4v) is 5.27. The lowest BCUT2D eigenvalue weighted by Gasteiger charge is -2.40. The lowest BCUT2D eigenvalue weighted by molar-refractivity contribution is -0.130. The lowest BCUT2D eigenvalue weighted by Crippen LogP contribution is -2.51. The number of alkyl halides is 3. The van der Waals surface area contributed by atoms with Crippen LogP contribution in [0.15, 0.2) is 34.8 Å². The second-order valence-corrected chi connectivity index (χ2v) is 9.36. The molecule has 8 N–H and O–H groups in total. The number of nitrogens with two attached hydrogens (primary N) is 1. The smallest absolute Gasteiger partial charge is 0.390 e. The van der Waals surface area contributed by atoms with Gasteiger partial charge in [-0.05, 0) is 31.3 Å². The molecule has 0 saturated heterocycles. The minimum Gasteiger partial charge on any atom is -0.390 e. The lowest BCUT2D eigenvalue weighted by atomic mass is 9.75. The topological polar surface area (TPSA) is 166 Å². The van der Waals surface area contributed by atoms with E-state index < -0.39 is 41.0 Å². The summed E-state index contributed by atoms with van der Waals surface area (Å²) >= 11 is 0.997. The fraction of sp³-hybridized carbons (Fsp3) is 0.500. The molecule has 0 saturated carbocycles. The molecular formula is C20H26F3N7O4S. The molecule has 0 fully saturated rings. The second-order valence-electron chi connectivity index (χ2n) is 8.35. The van der Waals surface area contributed by atoms with Crippen molar-refractivity contribution < 1.29 is 32.3 Å². The SMILES string of the molecule is CC(=O)CC(=O)NNC(=O)C1=CNCC(C2CNC(NC(N)=O)=CC2C2NC(C(F)(F)F)=CS2)C1. The molecule has 3 heterocycles. The summed E-state index contributed by atoms with van der Waals surface area (Å²) in [6.07, 6.45) is -1.46. The Kier molecular flexibility index (Phi) is 8.19. The van der Waals surface area contributed by atoms with Gasteiger partial charge in [0.2, 0.25) is 5.91 Å². The number of amides is 4. The molecule has 11 nitrogen and oxygen atoms in total. The van der Waals surface area contributed by atoms with Crippen molar-refractivity contribution in [3.63, 3.8) is 0 Å². The number of halogens is 3. The van der Waals surface area contributed by atoms with E-state index in [-0.39, 0.29) is 30.5 Å². The van der Waals surface area contributed by atoms with E-state index in [1.165, 1.54) is 13.1 Å². The minimum atomic E-state index is -4.52. The number of ketones is 1. The van der Waals surface area contributed by atoms with Crippen LogP contribution < -0.4 is 37.9 Å². The van der Waals surface area contributed by atoms with Gasteiger partial charge in [-0.3, -0.25) is 30.6 Å². The summed E-state index contributed by atoms with van der Waals surface area (Å²) in [7, 11) is 0. The molecule has 0 aromatic heterocycles. The first-order valence-corrected chi connectivity index (χ1v) is 11.6. The molecule has 0 aromatic carbocycles. The summed E-state index contributed by atoms with van der Waals surface area (Å²) in [5.41, 5.74) is 9.11. The van der Waals surface area contributed by atoms with E-state index in [0.717, 1.165) is 17.2 Å². The van der Waals surface area contributed by atoms with Crippen LogP contribution in [-0.4, -0.2) is 48.3 Å². The van der Waals surface area contributed by atoms with Crippen LogP contribution in [0.1, 0.15) is 19.8 Å². The van der Waals surface area contributed by atoms with E-state index in [4.69, 9.17) is 5.73 Å². The number of Topliss-reactive ketones (excluding diaryl/α,β-unsaturated/α-hetero) is 1. The number of hydrazine groups is 1. The maximum Gasteiger partial charge on any atom is 0.431 e. The molecule has 4 amide bonds. The average Bonchev–Trinajstić information content (AvgIpc) is 3.27. The highest BCUT2D eigenvalue weighted by Crippen LogP contribution is 2.41. The average molecular weight is 518 g/mol. The number of primary amides is 1. The quantitative estimate of drug-likeness (QED) is 0.191. The number of thioether (sulfide) groups is 1. The van der Waals surface area contributed by atoms with Crippen LogP contribution in [0.25, 0.3) is 0 Å². The van der Waals surface area contributed by atoms with Crippen LogP contribution in [0.4, 0.5) is 18.0 Å². The zero-order valence-electron chi connectivity index (χ0n) is 18.6. The Hall–Kier alpha value is -3.36. The van der Waals surface area contributed by atoms with Crippen molar-refractivity contribution in [2.45, 2.75) is 31.3 Å². The maximum absolute atomic E-state index is 13.2. The first-order chi connectivity index (χ1) is 16.4. The molecule has 192 valence electrons. The van der Waals surface area contributed by atoms with Crippen LogP contribution in [0.5, 0.6) is 0 Å². The standard InChI is InChI=1S/C20H26F3N7O4S/c1-9(31)2-16(32)29-30-17(33)11-3-10(5-25-6-11)13-7-26-15(28-19(24)34)4-12(13)18-27-14(8-35-18)20(21,22)23/h4,6,8,10,12-13,18,25-27H,2-3,5,7H2,1H3,(H,29,32)(H,30,33)(H3,24,28,34). The van der Waals surface area contributed by atoms with Gasteiger partial charge >= 0.3 is 12.2 Å². The molecule has 3 rings (SSSR count). The van der Waals surface area contributed by atoms with Crippen molar-refractivity contribution >= 4 is 35.4 Å². The van der Waals surface area contributed by atoms with Crippen molar-refractivity contribution in [1.29, 1.82) is 0 Å². The van der Waals surface area contributed by atoms with Gasteiger partial charge in [-0.15, -0.1) is 11.8 Å². The van der Waals surface area contributed by atoms with Gasteiger partial charge in [-0.2, -0.15) is 13.2 Å². The number of allylic oxidation sites excluding steroid dienone is 1. The Labute approximate surface area is 202 Å². The van der Waals surface area contributed by atoms with Crippen molar-refractivity contribution in [2.24, 2.45) is 23.5 Å². The monoisotopic (exact) mass is 517 g/mol. The van der Waals surface area contributed by atoms with Crippen LogP contribution in [-0.2, 0) is 14.4 Å². The largest absolute Gasteiger partial charge is 0.431 e. The third kappa shape index (κ3) is 7.07.